The van der Waals surface area contributed by atoms with Crippen LogP contribution in [0.2, 0.25) is 0 Å². The van der Waals surface area contributed by atoms with Crippen LogP contribution in [0, 0.1) is 0 Å². The van der Waals surface area contributed by atoms with E-state index in [4.69, 9.17) is 28.4 Å². The van der Waals surface area contributed by atoms with Crippen molar-refractivity contribution >= 4 is 5.97 Å². The summed E-state index contributed by atoms with van der Waals surface area (Å²) in [5, 5.41) is 72.1. The molecule has 7 N–H and O–H groups in total. The predicted molar refractivity (Wildman–Crippen MR) is 252 cm³/mol. The minimum Gasteiger partial charge on any atom is -0.457 e. The maximum atomic E-state index is 13.0. The van der Waals surface area contributed by atoms with Crippen molar-refractivity contribution in [2.45, 2.75) is 223 Å². The first kappa shape index (κ1) is 58.8. The van der Waals surface area contributed by atoms with Gasteiger partial charge in [0.15, 0.2) is 12.6 Å². The van der Waals surface area contributed by atoms with Crippen molar-refractivity contribution in [1.82, 2.24) is 0 Å². The Bertz CT molecular complexity index is 1300. The molecule has 14 nitrogen and oxygen atoms in total. The van der Waals surface area contributed by atoms with Gasteiger partial charge in [-0.25, -0.2) is 0 Å². The van der Waals surface area contributed by atoms with Gasteiger partial charge in [-0.3, -0.25) is 4.79 Å². The van der Waals surface area contributed by atoms with Gasteiger partial charge >= 0.3 is 5.97 Å². The fourth-order valence-corrected chi connectivity index (χ4v) is 7.45. The Balaban J connectivity index is 1.79. The molecule has 376 valence electrons. The summed E-state index contributed by atoms with van der Waals surface area (Å²) in [4.78, 5) is 13.0. The number of hydrogen-bond acceptors (Lipinski definition) is 14. The van der Waals surface area contributed by atoms with Gasteiger partial charge in [0.2, 0.25) is 0 Å². The molecule has 0 bridgehead atoms. The second-order valence-corrected chi connectivity index (χ2v) is 17.3. The topological polar surface area (TPSA) is 214 Å². The van der Waals surface area contributed by atoms with Crippen LogP contribution in [0.3, 0.4) is 0 Å². The molecule has 2 heterocycles. The molecule has 0 amide bonds. The third kappa shape index (κ3) is 26.7. The van der Waals surface area contributed by atoms with E-state index in [1.54, 1.807) is 0 Å². The van der Waals surface area contributed by atoms with E-state index in [1.807, 2.05) is 0 Å². The van der Waals surface area contributed by atoms with Crippen molar-refractivity contribution < 1.29 is 69.0 Å². The van der Waals surface area contributed by atoms with Gasteiger partial charge in [-0.2, -0.15) is 0 Å². The van der Waals surface area contributed by atoms with E-state index in [1.165, 1.54) is 32.1 Å². The Kier molecular flexibility index (Phi) is 35.0. The molecule has 2 saturated heterocycles. The highest BCUT2D eigenvalue weighted by molar-refractivity contribution is 5.69. The number of hydrogen-bond donors (Lipinski definition) is 7. The number of esters is 1. The SMILES string of the molecule is CC/C=C\C/C=C\C/C=C\CCCCCCCCCC(=O)OC(COCCCCCCCC/C=C\C/C=C\CCC)COC1OC(COC2OC(CO)C(O)C(O)C2O)C(O)C(O)C1O. The van der Waals surface area contributed by atoms with Crippen LogP contribution in [0.5, 0.6) is 0 Å². The number of allylic oxidation sites excluding steroid dienone is 10. The maximum Gasteiger partial charge on any atom is 0.306 e. The lowest BCUT2D eigenvalue weighted by atomic mass is 9.98. The molecular formula is C51H88O14. The summed E-state index contributed by atoms with van der Waals surface area (Å²) in [6, 6.07) is 0. The molecule has 0 aromatic carbocycles. The number of aliphatic hydroxyl groups excluding tert-OH is 7. The molecule has 0 aromatic rings. The first-order valence-corrected chi connectivity index (χ1v) is 24.9. The molecule has 0 aliphatic carbocycles. The Morgan fingerprint density at radius 2 is 1.00 bits per heavy atom. The van der Waals surface area contributed by atoms with Crippen LogP contribution in [-0.4, -0.2) is 142 Å². The van der Waals surface area contributed by atoms with Crippen LogP contribution in [0.25, 0.3) is 0 Å². The van der Waals surface area contributed by atoms with E-state index in [9.17, 15) is 40.5 Å². The molecule has 65 heavy (non-hydrogen) atoms. The number of carbonyl (C=O) groups excluding carboxylic acids is 1. The fraction of sp³-hybridized carbons (Fsp3) is 0.784. The molecule has 0 saturated carbocycles. The largest absolute Gasteiger partial charge is 0.457 e. The lowest BCUT2D eigenvalue weighted by Gasteiger charge is -2.42. The number of aliphatic hydroxyl groups is 7. The van der Waals surface area contributed by atoms with Crippen LogP contribution in [0.15, 0.2) is 60.8 Å². The first-order chi connectivity index (χ1) is 31.6. The van der Waals surface area contributed by atoms with E-state index in [0.717, 1.165) is 96.3 Å². The average Bonchev–Trinajstić information content (AvgIpc) is 3.30. The number of rotatable bonds is 38. The van der Waals surface area contributed by atoms with Crippen molar-refractivity contribution in [3.05, 3.63) is 60.8 Å². The van der Waals surface area contributed by atoms with Gasteiger partial charge < -0.3 is 64.2 Å². The molecule has 2 fully saturated rings. The summed E-state index contributed by atoms with van der Waals surface area (Å²) in [5.41, 5.74) is 0. The summed E-state index contributed by atoms with van der Waals surface area (Å²) >= 11 is 0. The van der Waals surface area contributed by atoms with Gasteiger partial charge in [0.1, 0.15) is 54.9 Å². The highest BCUT2D eigenvalue weighted by Gasteiger charge is 2.47. The molecule has 0 aromatic heterocycles. The maximum absolute atomic E-state index is 13.0. The summed E-state index contributed by atoms with van der Waals surface area (Å²) in [6.45, 7) is 3.46. The third-order valence-corrected chi connectivity index (χ3v) is 11.5. The molecule has 2 aliphatic heterocycles. The van der Waals surface area contributed by atoms with E-state index in [2.05, 4.69) is 74.6 Å². The summed E-state index contributed by atoms with van der Waals surface area (Å²) in [7, 11) is 0. The van der Waals surface area contributed by atoms with E-state index in [0.29, 0.717) is 13.0 Å². The summed E-state index contributed by atoms with van der Waals surface area (Å²) in [5.74, 6) is -0.393. The van der Waals surface area contributed by atoms with Crippen molar-refractivity contribution in [3.63, 3.8) is 0 Å². The van der Waals surface area contributed by atoms with Crippen molar-refractivity contribution in [2.75, 3.05) is 33.0 Å². The second kappa shape index (κ2) is 38.6. The lowest BCUT2D eigenvalue weighted by molar-refractivity contribution is -0.332. The lowest BCUT2D eigenvalue weighted by Crippen LogP contribution is -2.61. The van der Waals surface area contributed by atoms with Crippen LogP contribution in [0.4, 0.5) is 0 Å². The first-order valence-electron chi connectivity index (χ1n) is 24.9. The highest BCUT2D eigenvalue weighted by atomic mass is 16.7. The molecule has 11 unspecified atom stereocenters. The Labute approximate surface area is 390 Å². The number of unbranched alkanes of at least 4 members (excludes halogenated alkanes) is 14. The third-order valence-electron chi connectivity index (χ3n) is 11.5. The molecule has 2 aliphatic rings. The monoisotopic (exact) mass is 925 g/mol. The predicted octanol–water partition coefficient (Wildman–Crippen LogP) is 6.96. The summed E-state index contributed by atoms with van der Waals surface area (Å²) in [6.07, 6.45) is 28.5. The quantitative estimate of drug-likeness (QED) is 0.0190. The van der Waals surface area contributed by atoms with E-state index >= 15 is 0 Å². The zero-order valence-electron chi connectivity index (χ0n) is 39.7. The van der Waals surface area contributed by atoms with Crippen molar-refractivity contribution in [2.24, 2.45) is 0 Å². The molecule has 0 radical (unpaired) electrons. The number of carbonyl (C=O) groups is 1. The molecular weight excluding hydrogens is 837 g/mol. The van der Waals surface area contributed by atoms with E-state index < -0.39 is 86.7 Å². The van der Waals surface area contributed by atoms with Crippen LogP contribution >= 0.6 is 0 Å². The molecule has 14 heteroatoms. The Morgan fingerprint density at radius 3 is 1.57 bits per heavy atom. The van der Waals surface area contributed by atoms with Crippen LogP contribution in [-0.2, 0) is 33.2 Å². The molecule has 0 spiro atoms. The highest BCUT2D eigenvalue weighted by Crippen LogP contribution is 2.26. The van der Waals surface area contributed by atoms with Gasteiger partial charge in [-0.15, -0.1) is 0 Å². The van der Waals surface area contributed by atoms with E-state index in [-0.39, 0.29) is 19.6 Å². The van der Waals surface area contributed by atoms with Crippen LogP contribution < -0.4 is 0 Å². The smallest absolute Gasteiger partial charge is 0.306 e. The standard InChI is InChI=1S/C51H88O14/c1-3-5-7-9-11-13-15-17-19-20-21-22-24-26-28-30-32-34-43(53)63-40(37-60-35-33-31-29-27-25-23-18-16-14-12-10-8-6-4-2)38-61-50-49(59)47(57)45(55)42(65-50)39-62-51-48(58)46(56)44(54)41(36-52)64-51/h5,7-8,10-11,13-14,16-17,19,40-42,44-52,54-59H,3-4,6,9,12,15,18,20-39H2,1-2H3/b7-5-,10-8-,13-11-,16-14-,19-17-. The van der Waals surface area contributed by atoms with Crippen molar-refractivity contribution in [1.29, 1.82) is 0 Å². The van der Waals surface area contributed by atoms with Gasteiger partial charge in [0, 0.05) is 13.0 Å². The van der Waals surface area contributed by atoms with Crippen LogP contribution in [0.1, 0.15) is 155 Å². The fourth-order valence-electron chi connectivity index (χ4n) is 7.45. The Morgan fingerprint density at radius 1 is 0.523 bits per heavy atom. The minimum absolute atomic E-state index is 0.0475. The summed E-state index contributed by atoms with van der Waals surface area (Å²) < 4.78 is 34.2. The zero-order chi connectivity index (χ0) is 47.3. The van der Waals surface area contributed by atoms with Gasteiger partial charge in [-0.05, 0) is 70.6 Å². The molecule has 2 rings (SSSR count). The normalized spacial score (nSPS) is 27.0. The average molecular weight is 925 g/mol. The van der Waals surface area contributed by atoms with Crippen molar-refractivity contribution in [3.8, 4) is 0 Å². The van der Waals surface area contributed by atoms with Gasteiger partial charge in [0.25, 0.3) is 0 Å². The Hall–Kier alpha value is -2.31. The second-order valence-electron chi connectivity index (χ2n) is 17.3. The number of ether oxygens (including phenoxy) is 6. The minimum atomic E-state index is -1.71. The van der Waals surface area contributed by atoms with Gasteiger partial charge in [-0.1, -0.05) is 139 Å². The molecule has 11 atom stereocenters. The zero-order valence-corrected chi connectivity index (χ0v) is 39.7. The van der Waals surface area contributed by atoms with Gasteiger partial charge in [0.05, 0.1) is 26.4 Å².